The van der Waals surface area contributed by atoms with E-state index in [-0.39, 0.29) is 11.3 Å². The van der Waals surface area contributed by atoms with Crippen LogP contribution in [-0.2, 0) is 0 Å². The van der Waals surface area contributed by atoms with Gasteiger partial charge < -0.3 is 4.43 Å². The molecule has 0 unspecified atom stereocenters. The van der Waals surface area contributed by atoms with Crippen LogP contribution >= 0.6 is 15.9 Å². The minimum Gasteiger partial charge on any atom is -0.542 e. The highest BCUT2D eigenvalue weighted by Gasteiger charge is 2.21. The largest absolute Gasteiger partial charge is 0.542 e. The van der Waals surface area contributed by atoms with Crippen molar-refractivity contribution in [2.24, 2.45) is 0 Å². The first kappa shape index (κ1) is 12.4. The highest BCUT2D eigenvalue weighted by Crippen LogP contribution is 2.28. The van der Waals surface area contributed by atoms with Crippen LogP contribution in [0, 0.1) is 5.82 Å². The summed E-state index contributed by atoms with van der Waals surface area (Å²) in [4.78, 5) is 10.8. The first-order chi connectivity index (χ1) is 6.83. The van der Waals surface area contributed by atoms with Crippen LogP contribution in [-0.4, -0.2) is 14.6 Å². The molecule has 5 heteroatoms. The van der Waals surface area contributed by atoms with E-state index >= 15 is 0 Å². The predicted molar refractivity (Wildman–Crippen MR) is 63.5 cm³/mol. The maximum Gasteiger partial charge on any atom is 0.242 e. The quantitative estimate of drug-likeness (QED) is 0.628. The van der Waals surface area contributed by atoms with E-state index in [2.05, 4.69) is 15.9 Å². The van der Waals surface area contributed by atoms with Gasteiger partial charge in [0.15, 0.2) is 17.9 Å². The van der Waals surface area contributed by atoms with Gasteiger partial charge in [-0.3, -0.25) is 4.79 Å². The van der Waals surface area contributed by atoms with Crippen LogP contribution in [0.3, 0.4) is 0 Å². The lowest BCUT2D eigenvalue weighted by molar-refractivity contribution is 0.112. The number of hydrogen-bond acceptors (Lipinski definition) is 2. The molecule has 1 aromatic carbocycles. The summed E-state index contributed by atoms with van der Waals surface area (Å²) in [6.45, 7) is 5.80. The molecule has 2 nitrogen and oxygen atoms in total. The summed E-state index contributed by atoms with van der Waals surface area (Å²) in [5.41, 5.74) is 0.240. The zero-order valence-electron chi connectivity index (χ0n) is 8.80. The lowest BCUT2D eigenvalue weighted by Crippen LogP contribution is -2.30. The number of rotatable bonds is 3. The first-order valence-electron chi connectivity index (χ1n) is 4.47. The molecule has 0 bridgehead atoms. The zero-order chi connectivity index (χ0) is 11.6. The molecule has 0 aliphatic carbocycles. The molecule has 0 N–H and O–H groups in total. The van der Waals surface area contributed by atoms with Crippen molar-refractivity contribution in [2.75, 3.05) is 0 Å². The smallest absolute Gasteiger partial charge is 0.242 e. The van der Waals surface area contributed by atoms with Gasteiger partial charge in [0.1, 0.15) is 0 Å². The van der Waals surface area contributed by atoms with Crippen molar-refractivity contribution < 1.29 is 13.6 Å². The van der Waals surface area contributed by atoms with Crippen molar-refractivity contribution in [3.8, 4) is 5.75 Å². The van der Waals surface area contributed by atoms with Gasteiger partial charge >= 0.3 is 0 Å². The molecule has 0 aromatic heterocycles. The van der Waals surface area contributed by atoms with Crippen LogP contribution < -0.4 is 4.43 Å². The Morgan fingerprint density at radius 2 is 2.00 bits per heavy atom. The van der Waals surface area contributed by atoms with E-state index in [1.807, 2.05) is 19.6 Å². The Morgan fingerprint density at radius 3 is 2.47 bits per heavy atom. The number of carbonyl (C=O) groups is 1. The predicted octanol–water partition coefficient (Wildman–Crippen LogP) is 3.61. The van der Waals surface area contributed by atoms with Crippen LogP contribution in [0.25, 0.3) is 0 Å². The molecule has 0 radical (unpaired) electrons. The summed E-state index contributed by atoms with van der Waals surface area (Å²) >= 11 is 3.12. The Labute approximate surface area is 97.7 Å². The number of benzene rings is 1. The Hall–Kier alpha value is -0.683. The molecular formula is C10H12BrFO2Si. The van der Waals surface area contributed by atoms with E-state index in [0.717, 1.165) is 0 Å². The van der Waals surface area contributed by atoms with Crippen LogP contribution in [0.5, 0.6) is 5.75 Å². The molecular weight excluding hydrogens is 279 g/mol. The maximum absolute atomic E-state index is 13.5. The standard InChI is InChI=1S/C10H12BrFO2Si/c1-15(2,3)14-10-7(6-13)4-8(11)5-9(10)12/h4-6H,1-3H3. The third-order valence-electron chi connectivity index (χ3n) is 1.57. The van der Waals surface area contributed by atoms with E-state index in [1.165, 1.54) is 6.07 Å². The van der Waals surface area contributed by atoms with Crippen LogP contribution in [0.1, 0.15) is 10.4 Å². The highest BCUT2D eigenvalue weighted by atomic mass is 79.9. The van der Waals surface area contributed by atoms with Crippen molar-refractivity contribution >= 4 is 30.5 Å². The van der Waals surface area contributed by atoms with Crippen molar-refractivity contribution in [1.82, 2.24) is 0 Å². The topological polar surface area (TPSA) is 26.3 Å². The van der Waals surface area contributed by atoms with Crippen molar-refractivity contribution in [1.29, 1.82) is 0 Å². The fourth-order valence-corrected chi connectivity index (χ4v) is 2.36. The number of halogens is 2. The van der Waals surface area contributed by atoms with Crippen molar-refractivity contribution in [2.45, 2.75) is 19.6 Å². The van der Waals surface area contributed by atoms with Crippen molar-refractivity contribution in [3.63, 3.8) is 0 Å². The molecule has 0 atom stereocenters. The van der Waals surface area contributed by atoms with E-state index < -0.39 is 14.1 Å². The van der Waals surface area contributed by atoms with Gasteiger partial charge in [0.25, 0.3) is 0 Å². The second-order valence-corrected chi connectivity index (χ2v) is 9.48. The van der Waals surface area contributed by atoms with Gasteiger partial charge in [-0.1, -0.05) is 15.9 Å². The van der Waals surface area contributed by atoms with Crippen LogP contribution in [0.4, 0.5) is 4.39 Å². The monoisotopic (exact) mass is 290 g/mol. The molecule has 1 aromatic rings. The van der Waals surface area contributed by atoms with Crippen molar-refractivity contribution in [3.05, 3.63) is 28.0 Å². The van der Waals surface area contributed by atoms with Gasteiger partial charge in [0, 0.05) is 4.47 Å². The molecule has 0 spiro atoms. The first-order valence-corrected chi connectivity index (χ1v) is 8.67. The fraction of sp³-hybridized carbons (Fsp3) is 0.300. The molecule has 15 heavy (non-hydrogen) atoms. The van der Waals surface area contributed by atoms with Crippen LogP contribution in [0.2, 0.25) is 19.6 Å². The lowest BCUT2D eigenvalue weighted by Gasteiger charge is -2.20. The second-order valence-electron chi connectivity index (χ2n) is 4.14. The molecule has 0 heterocycles. The number of carbonyl (C=O) groups excluding carboxylic acids is 1. The van der Waals surface area contributed by atoms with Gasteiger partial charge in [-0.15, -0.1) is 0 Å². The highest BCUT2D eigenvalue weighted by molar-refractivity contribution is 9.10. The maximum atomic E-state index is 13.5. The molecule has 1 rings (SSSR count). The SMILES string of the molecule is C[Si](C)(C)Oc1c(F)cc(Br)cc1C=O. The minimum absolute atomic E-state index is 0.0624. The van der Waals surface area contributed by atoms with E-state index in [1.54, 1.807) is 6.07 Å². The molecule has 0 aliphatic rings. The van der Waals surface area contributed by atoms with E-state index in [4.69, 9.17) is 4.43 Å². The van der Waals surface area contributed by atoms with Crippen LogP contribution in [0.15, 0.2) is 16.6 Å². The zero-order valence-corrected chi connectivity index (χ0v) is 11.4. The summed E-state index contributed by atoms with van der Waals surface area (Å²) in [6, 6.07) is 2.84. The molecule has 0 aliphatic heterocycles. The van der Waals surface area contributed by atoms with Gasteiger partial charge in [-0.05, 0) is 31.8 Å². The summed E-state index contributed by atoms with van der Waals surface area (Å²) in [5, 5.41) is 0. The Bertz CT molecular complexity index is 388. The van der Waals surface area contributed by atoms with Gasteiger partial charge in [0.2, 0.25) is 8.32 Å². The Morgan fingerprint density at radius 1 is 1.40 bits per heavy atom. The number of hydrogen-bond donors (Lipinski definition) is 0. The molecule has 0 saturated heterocycles. The fourth-order valence-electron chi connectivity index (χ4n) is 1.08. The molecule has 0 saturated carbocycles. The van der Waals surface area contributed by atoms with E-state index in [9.17, 15) is 9.18 Å². The normalized spacial score (nSPS) is 11.3. The summed E-state index contributed by atoms with van der Waals surface area (Å²) in [5.74, 6) is -0.443. The third-order valence-corrected chi connectivity index (χ3v) is 2.85. The molecule has 0 fully saturated rings. The van der Waals surface area contributed by atoms with Gasteiger partial charge in [0.05, 0.1) is 5.56 Å². The summed E-state index contributed by atoms with van der Waals surface area (Å²) in [6.07, 6.45) is 0.601. The lowest BCUT2D eigenvalue weighted by atomic mass is 10.2. The molecule has 82 valence electrons. The average Bonchev–Trinajstić information content (AvgIpc) is 2.07. The summed E-state index contributed by atoms with van der Waals surface area (Å²) in [7, 11) is -1.91. The second kappa shape index (κ2) is 4.45. The minimum atomic E-state index is -1.91. The average molecular weight is 291 g/mol. The van der Waals surface area contributed by atoms with E-state index in [0.29, 0.717) is 10.8 Å². The molecule has 0 amide bonds. The Balaban J connectivity index is 3.21. The Kier molecular flexibility index (Phi) is 3.67. The summed E-state index contributed by atoms with van der Waals surface area (Å²) < 4.78 is 19.6. The third kappa shape index (κ3) is 3.42. The van der Waals surface area contributed by atoms with Gasteiger partial charge in [-0.25, -0.2) is 4.39 Å². The number of aldehydes is 1. The van der Waals surface area contributed by atoms with Gasteiger partial charge in [-0.2, -0.15) is 0 Å².